The van der Waals surface area contributed by atoms with Crippen molar-refractivity contribution in [1.82, 2.24) is 34.6 Å². The number of rotatable bonds is 19. The van der Waals surface area contributed by atoms with Crippen LogP contribution in [0.1, 0.15) is 102 Å². The maximum Gasteiger partial charge on any atom is 0.416 e. The molecule has 1 atom stereocenters. The van der Waals surface area contributed by atoms with Crippen molar-refractivity contribution >= 4 is 40.8 Å². The third-order valence-electron chi connectivity index (χ3n) is 13.5. The second kappa shape index (κ2) is 21.8. The van der Waals surface area contributed by atoms with Crippen LogP contribution < -0.4 is 10.6 Å². The second-order valence-electron chi connectivity index (χ2n) is 18.3. The Morgan fingerprint density at radius 1 is 0.855 bits per heavy atom. The quantitative estimate of drug-likeness (QED) is 0.0473. The summed E-state index contributed by atoms with van der Waals surface area (Å²) in [6.45, 7) is 7.24. The number of ether oxygens (including phenoxy) is 1. The third-order valence-corrected chi connectivity index (χ3v) is 13.5. The van der Waals surface area contributed by atoms with Gasteiger partial charge in [-0.15, -0.1) is 0 Å². The van der Waals surface area contributed by atoms with Gasteiger partial charge in [-0.1, -0.05) is 55.7 Å². The van der Waals surface area contributed by atoms with Gasteiger partial charge >= 0.3 is 12.4 Å². The monoisotopic (exact) mass is 960 g/mol. The zero-order valence-electron chi connectivity index (χ0n) is 38.7. The molecule has 1 saturated carbocycles. The van der Waals surface area contributed by atoms with Crippen LogP contribution in [0.15, 0.2) is 73.1 Å². The van der Waals surface area contributed by atoms with Crippen molar-refractivity contribution in [2.45, 2.75) is 102 Å². The van der Waals surface area contributed by atoms with Crippen molar-refractivity contribution in [1.29, 1.82) is 0 Å². The van der Waals surface area contributed by atoms with Gasteiger partial charge in [0.2, 0.25) is 11.9 Å². The number of benzene rings is 3. The number of aldehydes is 1. The highest BCUT2D eigenvalue weighted by molar-refractivity contribution is 6.01. The van der Waals surface area contributed by atoms with Crippen LogP contribution in [-0.2, 0) is 46.2 Å². The first-order valence-corrected chi connectivity index (χ1v) is 23.8. The first-order valence-electron chi connectivity index (χ1n) is 23.8. The largest absolute Gasteiger partial charge is 0.416 e. The van der Waals surface area contributed by atoms with Crippen molar-refractivity contribution in [3.63, 3.8) is 0 Å². The number of hydrogen-bond donors (Lipinski definition) is 2. The van der Waals surface area contributed by atoms with Gasteiger partial charge in [-0.3, -0.25) is 14.5 Å². The van der Waals surface area contributed by atoms with Crippen LogP contribution in [0.5, 0.6) is 0 Å². The predicted molar refractivity (Wildman–Crippen MR) is 250 cm³/mol. The minimum Gasteiger partial charge on any atom is -0.381 e. The summed E-state index contributed by atoms with van der Waals surface area (Å²) in [5.74, 6) is -0.554. The highest BCUT2D eigenvalue weighted by Gasteiger charge is 2.38. The molecule has 69 heavy (non-hydrogen) atoms. The van der Waals surface area contributed by atoms with Crippen LogP contribution >= 0.6 is 0 Å². The number of anilines is 2. The van der Waals surface area contributed by atoms with E-state index in [0.29, 0.717) is 43.1 Å². The normalized spacial score (nSPS) is 16.8. The van der Waals surface area contributed by atoms with E-state index in [2.05, 4.69) is 59.2 Å². The summed E-state index contributed by atoms with van der Waals surface area (Å²) < 4.78 is 89.6. The lowest BCUT2D eigenvalue weighted by Crippen LogP contribution is -2.46. The molecule has 2 aromatic heterocycles. The number of piperazine rings is 1. The molecule has 18 heteroatoms. The van der Waals surface area contributed by atoms with E-state index in [9.17, 15) is 40.7 Å². The number of amides is 2. The summed E-state index contributed by atoms with van der Waals surface area (Å²) in [7, 11) is 1.53. The SMILES string of the molecule is CNC(=O)C(CCC=O)N1Cc2cc(CCCOCCCN3CCN(Cc4ccc(-c5cn(C6CCCCC6)c6nc(Nc7cc(C(F)(F)F)cc(C(F)(F)F)c7)ncc56)cc4)CC3)ccc2C1=O. The zero-order chi connectivity index (χ0) is 48.7. The molecule has 0 radical (unpaired) electrons. The number of aromatic nitrogens is 3. The van der Waals surface area contributed by atoms with Crippen molar-refractivity contribution in [2.24, 2.45) is 0 Å². The smallest absolute Gasteiger partial charge is 0.381 e. The van der Waals surface area contributed by atoms with E-state index in [0.717, 1.165) is 125 Å². The van der Waals surface area contributed by atoms with Crippen molar-refractivity contribution in [2.75, 3.05) is 58.3 Å². The van der Waals surface area contributed by atoms with Crippen molar-refractivity contribution < 1.29 is 45.5 Å². The molecular weight excluding hydrogens is 903 g/mol. The lowest BCUT2D eigenvalue weighted by molar-refractivity contribution is -0.143. The molecule has 1 aliphatic carbocycles. The molecular formula is C51H58F6N8O4. The van der Waals surface area contributed by atoms with Gasteiger partial charge in [0.05, 0.1) is 11.1 Å². The molecule has 368 valence electrons. The third kappa shape index (κ3) is 12.1. The zero-order valence-corrected chi connectivity index (χ0v) is 38.7. The molecule has 3 aliphatic rings. The number of nitrogens with one attached hydrogen (secondary N) is 2. The van der Waals surface area contributed by atoms with E-state index in [-0.39, 0.29) is 42.7 Å². The number of hydrogen-bond acceptors (Lipinski definition) is 9. The summed E-state index contributed by atoms with van der Waals surface area (Å²) >= 11 is 0. The molecule has 1 saturated heterocycles. The summed E-state index contributed by atoms with van der Waals surface area (Å²) in [5.41, 5.74) is 2.96. The van der Waals surface area contributed by atoms with E-state index >= 15 is 0 Å². The average molecular weight is 961 g/mol. The van der Waals surface area contributed by atoms with Crippen LogP contribution in [0, 0.1) is 0 Å². The fourth-order valence-corrected chi connectivity index (χ4v) is 9.83. The Balaban J connectivity index is 0.798. The van der Waals surface area contributed by atoms with Crippen molar-refractivity contribution in [3.05, 3.63) is 106 Å². The summed E-state index contributed by atoms with van der Waals surface area (Å²) in [5, 5.41) is 5.97. The van der Waals surface area contributed by atoms with E-state index in [4.69, 9.17) is 4.74 Å². The maximum atomic E-state index is 13.6. The van der Waals surface area contributed by atoms with Gasteiger partial charge in [-0.05, 0) is 85.0 Å². The molecule has 2 amide bonds. The minimum absolute atomic E-state index is 0.0968. The molecule has 8 rings (SSSR count). The standard InChI is InChI=1S/C51H58F6N8O4/c1-58-47(67)45(11-5-23-66)65-32-37-26-34(14-17-42(37)48(65)68)8-6-24-69-25-7-18-62-19-21-63(22-20-62)31-35-12-15-36(16-13-35)44-33-64(41-9-3-2-4-10-41)46-43(44)30-59-49(61-46)60-40-28-38(50(52,53)54)27-39(29-40)51(55,56)57/h12-17,23,26-30,33,41,45H,2-11,18-22,24-25,31-32H2,1H3,(H,58,67)(H,59,60,61). The summed E-state index contributed by atoms with van der Waals surface area (Å²) in [6.07, 6.45) is 2.60. The van der Waals surface area contributed by atoms with Gasteiger partial charge in [0.15, 0.2) is 0 Å². The molecule has 3 aromatic carbocycles. The molecule has 5 aromatic rings. The Labute approximate surface area is 397 Å². The van der Waals surface area contributed by atoms with Crippen LogP contribution in [0.4, 0.5) is 38.0 Å². The molecule has 2 aliphatic heterocycles. The van der Waals surface area contributed by atoms with Gasteiger partial charge in [0.1, 0.15) is 18.0 Å². The topological polar surface area (TPSA) is 125 Å². The maximum absolute atomic E-state index is 13.6. The van der Waals surface area contributed by atoms with E-state index in [1.807, 2.05) is 24.4 Å². The highest BCUT2D eigenvalue weighted by atomic mass is 19.4. The molecule has 2 fully saturated rings. The first-order chi connectivity index (χ1) is 33.2. The van der Waals surface area contributed by atoms with E-state index < -0.39 is 35.2 Å². The average Bonchev–Trinajstić information content (AvgIpc) is 3.88. The van der Waals surface area contributed by atoms with E-state index in [1.54, 1.807) is 11.1 Å². The van der Waals surface area contributed by atoms with Gasteiger partial charge in [-0.2, -0.15) is 31.3 Å². The number of carbonyl (C=O) groups excluding carboxylic acids is 3. The number of fused-ring (bicyclic) bond motifs is 2. The number of carbonyl (C=O) groups is 3. The summed E-state index contributed by atoms with van der Waals surface area (Å²) in [4.78, 5) is 52.1. The van der Waals surface area contributed by atoms with E-state index in [1.165, 1.54) is 12.6 Å². The number of aryl methyl sites for hydroxylation is 1. The van der Waals surface area contributed by atoms with Crippen LogP contribution in [-0.4, -0.2) is 106 Å². The Morgan fingerprint density at radius 3 is 2.22 bits per heavy atom. The number of likely N-dealkylation sites (N-methyl/N-ethyl adjacent to an activating group) is 1. The number of nitrogens with zero attached hydrogens (tertiary/aromatic N) is 6. The molecule has 2 N–H and O–H groups in total. The summed E-state index contributed by atoms with van der Waals surface area (Å²) in [6, 6.07) is 15.0. The molecule has 0 bridgehead atoms. The predicted octanol–water partition coefficient (Wildman–Crippen LogP) is 9.59. The molecule has 0 spiro atoms. The molecule has 12 nitrogen and oxygen atoms in total. The van der Waals surface area contributed by atoms with Crippen LogP contribution in [0.2, 0.25) is 0 Å². The lowest BCUT2D eigenvalue weighted by Gasteiger charge is -2.34. The van der Waals surface area contributed by atoms with Gasteiger partial charge in [-0.25, -0.2) is 4.98 Å². The van der Waals surface area contributed by atoms with Crippen molar-refractivity contribution in [3.8, 4) is 11.1 Å². The van der Waals surface area contributed by atoms with Crippen LogP contribution in [0.3, 0.4) is 0 Å². The Morgan fingerprint density at radius 2 is 1.54 bits per heavy atom. The Kier molecular flexibility index (Phi) is 15.7. The second-order valence-corrected chi connectivity index (χ2v) is 18.3. The van der Waals surface area contributed by atoms with Gasteiger partial charge < -0.3 is 34.5 Å². The molecule has 4 heterocycles. The Hall–Kier alpha value is -5.85. The molecule has 1 unspecified atom stereocenters. The van der Waals surface area contributed by atoms with Crippen LogP contribution in [0.25, 0.3) is 22.2 Å². The fourth-order valence-electron chi connectivity index (χ4n) is 9.83. The number of alkyl halides is 6. The first kappa shape index (κ1) is 49.6. The number of halogens is 6. The van der Waals surface area contributed by atoms with Gasteiger partial charge in [0, 0.05) is 113 Å². The lowest BCUT2D eigenvalue weighted by atomic mass is 9.95. The van der Waals surface area contributed by atoms with Gasteiger partial charge in [0.25, 0.3) is 5.91 Å². The fraction of sp³-hybridized carbons (Fsp3) is 0.471. The Bertz CT molecular complexity index is 2550. The minimum atomic E-state index is -4.98. The highest BCUT2D eigenvalue weighted by Crippen LogP contribution is 2.40.